The molecule has 0 radical (unpaired) electrons. The monoisotopic (exact) mass is 182 g/mol. The van der Waals surface area contributed by atoms with E-state index in [2.05, 4.69) is 53.7 Å². The largest absolute Gasteiger partial charge is 0.365 e. The van der Waals surface area contributed by atoms with Gasteiger partial charge in [0.05, 0.1) is 6.10 Å². The van der Waals surface area contributed by atoms with Crippen LogP contribution in [0.3, 0.4) is 0 Å². The molecule has 1 saturated heterocycles. The van der Waals surface area contributed by atoms with E-state index >= 15 is 0 Å². The molecular weight excluding hydrogens is 160 g/mol. The minimum Gasteiger partial charge on any atom is -0.365 e. The molecule has 0 N–H and O–H groups in total. The molecule has 2 atom stereocenters. The van der Waals surface area contributed by atoms with Gasteiger partial charge >= 0.3 is 0 Å². The van der Waals surface area contributed by atoms with Crippen LogP contribution in [0, 0.1) is 10.8 Å². The fourth-order valence-electron chi connectivity index (χ4n) is 1.35. The Morgan fingerprint density at radius 1 is 1.00 bits per heavy atom. The van der Waals surface area contributed by atoms with E-state index in [4.69, 9.17) is 4.74 Å². The first-order valence-electron chi connectivity index (χ1n) is 5.05. The van der Waals surface area contributed by atoms with Crippen LogP contribution >= 0.6 is 0 Å². The highest BCUT2D eigenvalue weighted by molar-refractivity contribution is 5.08. The fourth-order valence-corrected chi connectivity index (χ4v) is 1.35. The summed E-state index contributed by atoms with van der Waals surface area (Å²) in [6.45, 7) is 13.3. The van der Waals surface area contributed by atoms with Crippen molar-refractivity contribution in [2.45, 2.75) is 53.8 Å². The van der Waals surface area contributed by atoms with Crippen LogP contribution in [0.15, 0.2) is 12.2 Å². The fraction of sp³-hybridized carbons (Fsp3) is 0.833. The minimum absolute atomic E-state index is 0.272. The van der Waals surface area contributed by atoms with Crippen molar-refractivity contribution >= 4 is 0 Å². The predicted octanol–water partition coefficient (Wildman–Crippen LogP) is 3.40. The lowest BCUT2D eigenvalue weighted by Gasteiger charge is -2.14. The standard InChI is InChI=1S/C12H22O/c1-11(2,3)8-7-9-10(13-9)12(4,5)6/h7-10H,1-6H3/b8-7+/t9-,10+/m0/s1. The highest BCUT2D eigenvalue weighted by atomic mass is 16.6. The molecule has 0 amide bonds. The van der Waals surface area contributed by atoms with Crippen molar-refractivity contribution in [3.63, 3.8) is 0 Å². The van der Waals surface area contributed by atoms with Crippen LogP contribution in [0.5, 0.6) is 0 Å². The van der Waals surface area contributed by atoms with Gasteiger partial charge < -0.3 is 4.74 Å². The van der Waals surface area contributed by atoms with Crippen LogP contribution in [0.2, 0.25) is 0 Å². The Hall–Kier alpha value is -0.300. The third-order valence-corrected chi connectivity index (χ3v) is 2.16. The maximum absolute atomic E-state index is 5.59. The van der Waals surface area contributed by atoms with Crippen molar-refractivity contribution in [1.29, 1.82) is 0 Å². The predicted molar refractivity (Wildman–Crippen MR) is 56.7 cm³/mol. The van der Waals surface area contributed by atoms with Crippen LogP contribution in [-0.2, 0) is 4.74 Å². The average molecular weight is 182 g/mol. The second kappa shape index (κ2) is 3.13. The number of rotatable bonds is 1. The molecule has 0 aromatic rings. The number of epoxide rings is 1. The lowest BCUT2D eigenvalue weighted by atomic mass is 9.89. The van der Waals surface area contributed by atoms with Crippen molar-refractivity contribution in [2.75, 3.05) is 0 Å². The van der Waals surface area contributed by atoms with Crippen LogP contribution in [0.4, 0.5) is 0 Å². The topological polar surface area (TPSA) is 12.5 Å². The van der Waals surface area contributed by atoms with E-state index in [1.165, 1.54) is 0 Å². The van der Waals surface area contributed by atoms with E-state index in [9.17, 15) is 0 Å². The summed E-state index contributed by atoms with van der Waals surface area (Å²) in [7, 11) is 0. The molecule has 1 aliphatic heterocycles. The van der Waals surface area contributed by atoms with E-state index in [1.54, 1.807) is 0 Å². The van der Waals surface area contributed by atoms with Gasteiger partial charge in [0.15, 0.2) is 0 Å². The molecule has 1 rings (SSSR count). The minimum atomic E-state index is 0.272. The van der Waals surface area contributed by atoms with E-state index in [1.807, 2.05) is 0 Å². The zero-order valence-corrected chi connectivity index (χ0v) is 9.72. The Morgan fingerprint density at radius 3 is 1.85 bits per heavy atom. The number of allylic oxidation sites excluding steroid dienone is 1. The van der Waals surface area contributed by atoms with Gasteiger partial charge in [-0.25, -0.2) is 0 Å². The Morgan fingerprint density at radius 2 is 1.54 bits per heavy atom. The van der Waals surface area contributed by atoms with Crippen molar-refractivity contribution in [3.05, 3.63) is 12.2 Å². The maximum Gasteiger partial charge on any atom is 0.103 e. The van der Waals surface area contributed by atoms with Gasteiger partial charge in [-0.1, -0.05) is 53.7 Å². The second-order valence-electron chi connectivity index (χ2n) is 6.11. The number of ether oxygens (including phenoxy) is 1. The summed E-state index contributed by atoms with van der Waals surface area (Å²) in [6, 6.07) is 0. The maximum atomic E-state index is 5.59. The van der Waals surface area contributed by atoms with Crippen molar-refractivity contribution in [3.8, 4) is 0 Å². The lowest BCUT2D eigenvalue weighted by Crippen LogP contribution is -2.15. The molecule has 1 aliphatic rings. The van der Waals surface area contributed by atoms with Gasteiger partial charge in [0.1, 0.15) is 6.10 Å². The van der Waals surface area contributed by atoms with Gasteiger partial charge in [-0.2, -0.15) is 0 Å². The first kappa shape index (κ1) is 10.8. The molecule has 0 saturated carbocycles. The average Bonchev–Trinajstić information content (AvgIpc) is 2.57. The SMILES string of the molecule is CC(C)(C)/C=C/[C@@H]1O[C@H]1C(C)(C)C. The summed E-state index contributed by atoms with van der Waals surface area (Å²) in [4.78, 5) is 0. The van der Waals surface area contributed by atoms with Gasteiger partial charge in [-0.15, -0.1) is 0 Å². The Kier molecular flexibility index (Phi) is 2.59. The zero-order chi connectivity index (χ0) is 10.3. The van der Waals surface area contributed by atoms with Crippen LogP contribution in [0.25, 0.3) is 0 Å². The first-order chi connectivity index (χ1) is 5.70. The van der Waals surface area contributed by atoms with Crippen LogP contribution in [-0.4, -0.2) is 12.2 Å². The molecule has 0 spiro atoms. The Bertz CT molecular complexity index is 202. The molecule has 13 heavy (non-hydrogen) atoms. The van der Waals surface area contributed by atoms with Gasteiger partial charge in [0, 0.05) is 0 Å². The highest BCUT2D eigenvalue weighted by Crippen LogP contribution is 2.39. The normalized spacial score (nSPS) is 29.7. The van der Waals surface area contributed by atoms with Crippen LogP contribution < -0.4 is 0 Å². The zero-order valence-electron chi connectivity index (χ0n) is 9.72. The number of hydrogen-bond donors (Lipinski definition) is 0. The van der Waals surface area contributed by atoms with Gasteiger partial charge in [-0.05, 0) is 10.8 Å². The third-order valence-electron chi connectivity index (χ3n) is 2.16. The molecule has 0 aliphatic carbocycles. The van der Waals surface area contributed by atoms with Gasteiger partial charge in [0.2, 0.25) is 0 Å². The molecule has 0 bridgehead atoms. The van der Waals surface area contributed by atoms with Crippen molar-refractivity contribution in [1.82, 2.24) is 0 Å². The highest BCUT2D eigenvalue weighted by Gasteiger charge is 2.45. The second-order valence-corrected chi connectivity index (χ2v) is 6.11. The molecule has 0 aromatic heterocycles. The van der Waals surface area contributed by atoms with Gasteiger partial charge in [0.25, 0.3) is 0 Å². The quantitative estimate of drug-likeness (QED) is 0.447. The smallest absolute Gasteiger partial charge is 0.103 e. The van der Waals surface area contributed by atoms with E-state index in [-0.39, 0.29) is 10.8 Å². The van der Waals surface area contributed by atoms with E-state index < -0.39 is 0 Å². The summed E-state index contributed by atoms with van der Waals surface area (Å²) in [6.07, 6.45) is 5.23. The van der Waals surface area contributed by atoms with E-state index in [0.717, 1.165) is 0 Å². The summed E-state index contributed by atoms with van der Waals surface area (Å²) in [5, 5.41) is 0. The molecule has 1 nitrogen and oxygen atoms in total. The summed E-state index contributed by atoms with van der Waals surface area (Å²) >= 11 is 0. The van der Waals surface area contributed by atoms with Gasteiger partial charge in [-0.3, -0.25) is 0 Å². The molecule has 0 unspecified atom stereocenters. The molecule has 1 fully saturated rings. The molecule has 1 heteroatoms. The number of hydrogen-bond acceptors (Lipinski definition) is 1. The molecule has 0 aromatic carbocycles. The Balaban J connectivity index is 2.41. The summed E-state index contributed by atoms with van der Waals surface area (Å²) in [5.74, 6) is 0. The van der Waals surface area contributed by atoms with Crippen molar-refractivity contribution < 1.29 is 4.74 Å². The summed E-state index contributed by atoms with van der Waals surface area (Å²) < 4.78 is 5.59. The van der Waals surface area contributed by atoms with Crippen LogP contribution in [0.1, 0.15) is 41.5 Å². The first-order valence-corrected chi connectivity index (χ1v) is 5.05. The third kappa shape index (κ3) is 3.51. The van der Waals surface area contributed by atoms with E-state index in [0.29, 0.717) is 12.2 Å². The van der Waals surface area contributed by atoms with Crippen molar-refractivity contribution in [2.24, 2.45) is 10.8 Å². The molecular formula is C12H22O. The molecule has 76 valence electrons. The lowest BCUT2D eigenvalue weighted by molar-refractivity contribution is 0.263. The Labute approximate surface area is 82.2 Å². The molecule has 1 heterocycles. The summed E-state index contributed by atoms with van der Waals surface area (Å²) in [5.41, 5.74) is 0.557.